The SMILES string of the molecule is CCCNC(=O)CNC(CC)CC(N)=NO. The zero-order valence-electron chi connectivity index (χ0n) is 9.99. The summed E-state index contributed by atoms with van der Waals surface area (Å²) in [6.07, 6.45) is 2.18. The van der Waals surface area contributed by atoms with Crippen LogP contribution in [0.2, 0.25) is 0 Å². The molecule has 0 heterocycles. The molecular formula is C10H22N4O2. The second-order valence-corrected chi connectivity index (χ2v) is 3.63. The molecule has 5 N–H and O–H groups in total. The molecule has 0 aromatic carbocycles. The number of amides is 1. The number of carbonyl (C=O) groups excluding carboxylic acids is 1. The standard InChI is InChI=1S/C10H22N4O2/c1-3-5-12-10(15)7-13-8(4-2)6-9(11)14-16/h8,13,16H,3-7H2,1-2H3,(H2,11,14)(H,12,15). The second kappa shape index (κ2) is 8.96. The van der Waals surface area contributed by atoms with Crippen molar-refractivity contribution in [1.29, 1.82) is 0 Å². The second-order valence-electron chi connectivity index (χ2n) is 3.63. The van der Waals surface area contributed by atoms with Crippen molar-refractivity contribution in [2.45, 2.75) is 39.2 Å². The van der Waals surface area contributed by atoms with Gasteiger partial charge in [-0.3, -0.25) is 4.79 Å². The Bertz CT molecular complexity index is 231. The van der Waals surface area contributed by atoms with E-state index in [1.165, 1.54) is 0 Å². The van der Waals surface area contributed by atoms with Crippen molar-refractivity contribution < 1.29 is 10.0 Å². The number of nitrogens with one attached hydrogen (secondary N) is 2. The first-order chi connectivity index (χ1) is 7.63. The van der Waals surface area contributed by atoms with E-state index in [-0.39, 0.29) is 24.3 Å². The van der Waals surface area contributed by atoms with Crippen molar-refractivity contribution in [3.05, 3.63) is 0 Å². The molecule has 1 amide bonds. The Morgan fingerprint density at radius 3 is 2.69 bits per heavy atom. The quantitative estimate of drug-likeness (QED) is 0.204. The van der Waals surface area contributed by atoms with Crippen molar-refractivity contribution in [2.75, 3.05) is 13.1 Å². The summed E-state index contributed by atoms with van der Waals surface area (Å²) in [5.74, 6) is 0.146. The average molecular weight is 230 g/mol. The fourth-order valence-corrected chi connectivity index (χ4v) is 1.22. The van der Waals surface area contributed by atoms with Crippen LogP contribution in [0.1, 0.15) is 33.1 Å². The Kier molecular flexibility index (Phi) is 8.24. The fourth-order valence-electron chi connectivity index (χ4n) is 1.22. The largest absolute Gasteiger partial charge is 0.409 e. The summed E-state index contributed by atoms with van der Waals surface area (Å²) in [6, 6.07) is 0.0586. The van der Waals surface area contributed by atoms with Crippen molar-refractivity contribution in [1.82, 2.24) is 10.6 Å². The summed E-state index contributed by atoms with van der Waals surface area (Å²) in [7, 11) is 0. The van der Waals surface area contributed by atoms with Gasteiger partial charge in [0.05, 0.1) is 6.54 Å². The molecule has 0 radical (unpaired) electrons. The van der Waals surface area contributed by atoms with E-state index in [1.54, 1.807) is 0 Å². The lowest BCUT2D eigenvalue weighted by Gasteiger charge is -2.15. The molecule has 6 heteroatoms. The Balaban J connectivity index is 3.82. The number of nitrogens with zero attached hydrogens (tertiary/aromatic N) is 1. The minimum absolute atomic E-state index is 0.0280. The van der Waals surface area contributed by atoms with Crippen LogP contribution in [-0.2, 0) is 4.79 Å². The molecule has 0 aromatic heterocycles. The van der Waals surface area contributed by atoms with E-state index in [2.05, 4.69) is 15.8 Å². The van der Waals surface area contributed by atoms with E-state index < -0.39 is 0 Å². The molecular weight excluding hydrogens is 208 g/mol. The number of amidine groups is 1. The summed E-state index contributed by atoms with van der Waals surface area (Å²) >= 11 is 0. The van der Waals surface area contributed by atoms with E-state index in [4.69, 9.17) is 10.9 Å². The van der Waals surface area contributed by atoms with Gasteiger partial charge in [0.2, 0.25) is 5.91 Å². The van der Waals surface area contributed by atoms with E-state index in [0.29, 0.717) is 13.0 Å². The minimum atomic E-state index is -0.0280. The zero-order valence-corrected chi connectivity index (χ0v) is 9.99. The van der Waals surface area contributed by atoms with Gasteiger partial charge in [0.15, 0.2) is 0 Å². The van der Waals surface area contributed by atoms with Crippen LogP contribution in [-0.4, -0.2) is 36.1 Å². The van der Waals surface area contributed by atoms with Gasteiger partial charge >= 0.3 is 0 Å². The molecule has 6 nitrogen and oxygen atoms in total. The lowest BCUT2D eigenvalue weighted by atomic mass is 10.1. The highest BCUT2D eigenvalue weighted by molar-refractivity contribution is 5.80. The van der Waals surface area contributed by atoms with Crippen LogP contribution in [0, 0.1) is 0 Å². The fraction of sp³-hybridized carbons (Fsp3) is 0.800. The first-order valence-electron chi connectivity index (χ1n) is 5.60. The molecule has 1 atom stereocenters. The molecule has 0 aliphatic heterocycles. The van der Waals surface area contributed by atoms with E-state index in [9.17, 15) is 4.79 Å². The summed E-state index contributed by atoms with van der Waals surface area (Å²) in [5.41, 5.74) is 5.40. The van der Waals surface area contributed by atoms with Crippen molar-refractivity contribution in [3.63, 3.8) is 0 Å². The number of rotatable bonds is 8. The number of hydrogen-bond acceptors (Lipinski definition) is 4. The predicted molar refractivity (Wildman–Crippen MR) is 63.4 cm³/mol. The van der Waals surface area contributed by atoms with Crippen molar-refractivity contribution in [2.24, 2.45) is 10.9 Å². The molecule has 0 aromatic rings. The third-order valence-electron chi connectivity index (χ3n) is 2.20. The van der Waals surface area contributed by atoms with Crippen LogP contribution in [0.25, 0.3) is 0 Å². The predicted octanol–water partition coefficient (Wildman–Crippen LogP) is 0.0173. The molecule has 0 fully saturated rings. The third-order valence-corrected chi connectivity index (χ3v) is 2.20. The van der Waals surface area contributed by atoms with Gasteiger partial charge in [-0.05, 0) is 12.8 Å². The Morgan fingerprint density at radius 1 is 1.50 bits per heavy atom. The third kappa shape index (κ3) is 7.05. The zero-order chi connectivity index (χ0) is 12.4. The van der Waals surface area contributed by atoms with Crippen LogP contribution in [0.15, 0.2) is 5.16 Å². The number of carbonyl (C=O) groups is 1. The molecule has 0 bridgehead atoms. The van der Waals surface area contributed by atoms with E-state index in [0.717, 1.165) is 12.8 Å². The molecule has 0 aliphatic rings. The summed E-state index contributed by atoms with van der Waals surface area (Å²) in [4.78, 5) is 11.3. The maximum atomic E-state index is 11.3. The van der Waals surface area contributed by atoms with Gasteiger partial charge in [0, 0.05) is 19.0 Å². The Morgan fingerprint density at radius 2 is 2.19 bits per heavy atom. The van der Waals surface area contributed by atoms with E-state index in [1.807, 2.05) is 13.8 Å². The molecule has 0 saturated heterocycles. The van der Waals surface area contributed by atoms with Crippen LogP contribution >= 0.6 is 0 Å². The van der Waals surface area contributed by atoms with Gasteiger partial charge in [-0.1, -0.05) is 19.0 Å². The number of hydrogen-bond donors (Lipinski definition) is 4. The van der Waals surface area contributed by atoms with Crippen LogP contribution in [0.5, 0.6) is 0 Å². The summed E-state index contributed by atoms with van der Waals surface area (Å²) in [6.45, 7) is 4.93. The number of oxime groups is 1. The topological polar surface area (TPSA) is 99.7 Å². The summed E-state index contributed by atoms with van der Waals surface area (Å²) < 4.78 is 0. The van der Waals surface area contributed by atoms with Crippen molar-refractivity contribution in [3.8, 4) is 0 Å². The molecule has 0 aliphatic carbocycles. The molecule has 16 heavy (non-hydrogen) atoms. The number of nitrogens with two attached hydrogens (primary N) is 1. The highest BCUT2D eigenvalue weighted by Crippen LogP contribution is 1.96. The smallest absolute Gasteiger partial charge is 0.233 e. The van der Waals surface area contributed by atoms with Crippen molar-refractivity contribution >= 4 is 11.7 Å². The van der Waals surface area contributed by atoms with Crippen LogP contribution in [0.3, 0.4) is 0 Å². The average Bonchev–Trinajstić information content (AvgIpc) is 2.31. The van der Waals surface area contributed by atoms with Gasteiger partial charge in [0.1, 0.15) is 5.84 Å². The highest BCUT2D eigenvalue weighted by Gasteiger charge is 2.09. The lowest BCUT2D eigenvalue weighted by molar-refractivity contribution is -0.120. The lowest BCUT2D eigenvalue weighted by Crippen LogP contribution is -2.40. The normalized spacial score (nSPS) is 13.5. The Labute approximate surface area is 96.3 Å². The minimum Gasteiger partial charge on any atom is -0.409 e. The maximum Gasteiger partial charge on any atom is 0.233 e. The van der Waals surface area contributed by atoms with Gasteiger partial charge < -0.3 is 21.6 Å². The van der Waals surface area contributed by atoms with Crippen LogP contribution in [0.4, 0.5) is 0 Å². The maximum absolute atomic E-state index is 11.3. The van der Waals surface area contributed by atoms with Gasteiger partial charge in [-0.25, -0.2) is 0 Å². The highest BCUT2D eigenvalue weighted by atomic mass is 16.4. The molecule has 0 saturated carbocycles. The molecule has 1 unspecified atom stereocenters. The monoisotopic (exact) mass is 230 g/mol. The molecule has 94 valence electrons. The van der Waals surface area contributed by atoms with Gasteiger partial charge in [-0.15, -0.1) is 0 Å². The molecule has 0 spiro atoms. The first-order valence-corrected chi connectivity index (χ1v) is 5.60. The van der Waals surface area contributed by atoms with Crippen LogP contribution < -0.4 is 16.4 Å². The first kappa shape index (κ1) is 14.7. The summed E-state index contributed by atoms with van der Waals surface area (Å²) in [5, 5.41) is 17.2. The van der Waals surface area contributed by atoms with E-state index >= 15 is 0 Å². The van der Waals surface area contributed by atoms with Gasteiger partial charge in [-0.2, -0.15) is 0 Å². The molecule has 0 rings (SSSR count). The Hall–Kier alpha value is -1.30. The van der Waals surface area contributed by atoms with Gasteiger partial charge in [0.25, 0.3) is 0 Å².